The van der Waals surface area contributed by atoms with E-state index in [2.05, 4.69) is 83.8 Å². The van der Waals surface area contributed by atoms with Gasteiger partial charge in [-0.2, -0.15) is 0 Å². The molecule has 1 aromatic heterocycles. The first-order valence-electron chi connectivity index (χ1n) is 11.4. The van der Waals surface area contributed by atoms with E-state index in [1.54, 1.807) is 0 Å². The van der Waals surface area contributed by atoms with Crippen molar-refractivity contribution in [1.29, 1.82) is 0 Å². The van der Waals surface area contributed by atoms with Crippen LogP contribution in [-0.2, 0) is 0 Å². The summed E-state index contributed by atoms with van der Waals surface area (Å²) >= 11 is 0. The van der Waals surface area contributed by atoms with Gasteiger partial charge in [-0.3, -0.25) is 0 Å². The van der Waals surface area contributed by atoms with Crippen LogP contribution in [0.1, 0.15) is 27.7 Å². The van der Waals surface area contributed by atoms with E-state index in [4.69, 9.17) is 4.98 Å². The lowest BCUT2D eigenvalue weighted by atomic mass is 10.1. The van der Waals surface area contributed by atoms with Gasteiger partial charge in [0, 0.05) is 37.4 Å². The maximum atomic E-state index is 4.79. The van der Waals surface area contributed by atoms with Crippen molar-refractivity contribution in [3.05, 3.63) is 48.5 Å². The average molecular weight is 408 g/mol. The Morgan fingerprint density at radius 2 is 1.37 bits per heavy atom. The van der Waals surface area contributed by atoms with Gasteiger partial charge in [0.2, 0.25) is 0 Å². The molecule has 0 saturated carbocycles. The van der Waals surface area contributed by atoms with Gasteiger partial charge in [0.1, 0.15) is 5.82 Å². The Morgan fingerprint density at radius 1 is 0.733 bits per heavy atom. The second kappa shape index (κ2) is 11.1. The minimum absolute atomic E-state index is 0.936. The molecule has 30 heavy (non-hydrogen) atoms. The monoisotopic (exact) mass is 407 g/mol. The van der Waals surface area contributed by atoms with Crippen LogP contribution in [0.15, 0.2) is 48.5 Å². The SMILES string of the molecule is CCN(CC)CCN(CCN(CC)CC)c1cccc(-c2nc3ccccc3[nH]2)c1. The number of benzene rings is 2. The highest BCUT2D eigenvalue weighted by molar-refractivity contribution is 5.79. The first kappa shape index (κ1) is 22.3. The maximum Gasteiger partial charge on any atom is 0.138 e. The van der Waals surface area contributed by atoms with Crippen molar-refractivity contribution >= 4 is 16.7 Å². The number of hydrogen-bond donors (Lipinski definition) is 1. The fraction of sp³-hybridized carbons (Fsp3) is 0.480. The van der Waals surface area contributed by atoms with Crippen LogP contribution in [0.3, 0.4) is 0 Å². The van der Waals surface area contributed by atoms with Crippen LogP contribution in [-0.4, -0.2) is 72.1 Å². The van der Waals surface area contributed by atoms with Crippen molar-refractivity contribution in [3.63, 3.8) is 0 Å². The molecule has 0 amide bonds. The first-order valence-corrected chi connectivity index (χ1v) is 11.4. The van der Waals surface area contributed by atoms with Crippen LogP contribution in [0.4, 0.5) is 5.69 Å². The molecule has 5 nitrogen and oxygen atoms in total. The molecule has 5 heteroatoms. The molecule has 3 aromatic rings. The number of likely N-dealkylation sites (N-methyl/N-ethyl adjacent to an activating group) is 2. The summed E-state index contributed by atoms with van der Waals surface area (Å²) in [5.41, 5.74) is 4.50. The number of nitrogens with zero attached hydrogens (tertiary/aromatic N) is 4. The average Bonchev–Trinajstić information content (AvgIpc) is 3.23. The van der Waals surface area contributed by atoms with Crippen LogP contribution in [0.5, 0.6) is 0 Å². The molecular formula is C25H37N5. The van der Waals surface area contributed by atoms with Gasteiger partial charge in [-0.25, -0.2) is 4.98 Å². The van der Waals surface area contributed by atoms with Crippen LogP contribution in [0, 0.1) is 0 Å². The van der Waals surface area contributed by atoms with Gasteiger partial charge in [-0.15, -0.1) is 0 Å². The number of imidazole rings is 1. The molecule has 0 aliphatic rings. The number of H-pyrrole nitrogens is 1. The highest BCUT2D eigenvalue weighted by Gasteiger charge is 2.12. The second-order valence-electron chi connectivity index (χ2n) is 7.69. The van der Waals surface area contributed by atoms with Crippen LogP contribution < -0.4 is 4.90 Å². The second-order valence-corrected chi connectivity index (χ2v) is 7.69. The molecule has 0 saturated heterocycles. The Morgan fingerprint density at radius 3 is 1.97 bits per heavy atom. The van der Waals surface area contributed by atoms with Gasteiger partial charge >= 0.3 is 0 Å². The lowest BCUT2D eigenvalue weighted by Gasteiger charge is -2.30. The first-order chi connectivity index (χ1) is 14.7. The third-order valence-electron chi connectivity index (χ3n) is 6.04. The third-order valence-corrected chi connectivity index (χ3v) is 6.04. The van der Waals surface area contributed by atoms with Crippen LogP contribution in [0.2, 0.25) is 0 Å². The van der Waals surface area contributed by atoms with Crippen LogP contribution in [0.25, 0.3) is 22.4 Å². The zero-order chi connectivity index (χ0) is 21.3. The third kappa shape index (κ3) is 5.61. The number of hydrogen-bond acceptors (Lipinski definition) is 4. The number of rotatable bonds is 12. The van der Waals surface area contributed by atoms with Gasteiger partial charge in [0.05, 0.1) is 11.0 Å². The van der Waals surface area contributed by atoms with E-state index in [0.717, 1.165) is 74.8 Å². The van der Waals surface area contributed by atoms with E-state index in [1.807, 2.05) is 12.1 Å². The quantitative estimate of drug-likeness (QED) is 0.471. The van der Waals surface area contributed by atoms with Gasteiger partial charge in [-0.1, -0.05) is 52.0 Å². The molecule has 0 atom stereocenters. The minimum Gasteiger partial charge on any atom is -0.369 e. The summed E-state index contributed by atoms with van der Waals surface area (Å²) < 4.78 is 0. The predicted octanol–water partition coefficient (Wildman–Crippen LogP) is 4.72. The van der Waals surface area contributed by atoms with Crippen molar-refractivity contribution in [3.8, 4) is 11.4 Å². The van der Waals surface area contributed by atoms with E-state index in [-0.39, 0.29) is 0 Å². The summed E-state index contributed by atoms with van der Waals surface area (Å²) in [6, 6.07) is 17.0. The Balaban J connectivity index is 1.82. The standard InChI is InChI=1S/C25H37N5/c1-5-28(6-2)16-18-30(19-17-29(7-3)8-4)22-13-11-12-21(20-22)25-26-23-14-9-10-15-24(23)27-25/h9-15,20H,5-8,16-19H2,1-4H3,(H,26,27). The van der Waals surface area contributed by atoms with Gasteiger partial charge in [-0.05, 0) is 50.4 Å². The maximum absolute atomic E-state index is 4.79. The molecule has 0 spiro atoms. The van der Waals surface area contributed by atoms with Crippen molar-refractivity contribution in [2.75, 3.05) is 57.3 Å². The number of aromatic amines is 1. The summed E-state index contributed by atoms with van der Waals surface area (Å²) in [4.78, 5) is 15.8. The fourth-order valence-corrected chi connectivity index (χ4v) is 3.91. The topological polar surface area (TPSA) is 38.4 Å². The smallest absolute Gasteiger partial charge is 0.138 e. The van der Waals surface area contributed by atoms with Gasteiger partial charge < -0.3 is 19.7 Å². The van der Waals surface area contributed by atoms with Crippen LogP contribution >= 0.6 is 0 Å². The number of anilines is 1. The van der Waals surface area contributed by atoms with Gasteiger partial charge in [0.15, 0.2) is 0 Å². The Labute approximate surface area is 181 Å². The summed E-state index contributed by atoms with van der Waals surface area (Å²) in [6.07, 6.45) is 0. The normalized spacial score (nSPS) is 11.7. The zero-order valence-corrected chi connectivity index (χ0v) is 19.1. The summed E-state index contributed by atoms with van der Waals surface area (Å²) in [7, 11) is 0. The van der Waals surface area contributed by atoms with Crippen molar-refractivity contribution in [2.45, 2.75) is 27.7 Å². The molecule has 1 heterocycles. The van der Waals surface area contributed by atoms with Crippen molar-refractivity contribution in [1.82, 2.24) is 19.8 Å². The molecule has 0 fully saturated rings. The summed E-state index contributed by atoms with van der Waals surface area (Å²) in [6.45, 7) is 17.6. The Kier molecular flexibility index (Phi) is 8.29. The van der Waals surface area contributed by atoms with Crippen molar-refractivity contribution in [2.24, 2.45) is 0 Å². The number of aromatic nitrogens is 2. The van der Waals surface area contributed by atoms with E-state index >= 15 is 0 Å². The van der Waals surface area contributed by atoms with E-state index in [0.29, 0.717) is 0 Å². The molecular weight excluding hydrogens is 370 g/mol. The molecule has 0 aliphatic carbocycles. The highest BCUT2D eigenvalue weighted by Crippen LogP contribution is 2.25. The number of fused-ring (bicyclic) bond motifs is 1. The summed E-state index contributed by atoms with van der Waals surface area (Å²) in [5.74, 6) is 0.936. The lowest BCUT2D eigenvalue weighted by Crippen LogP contribution is -2.39. The molecule has 0 radical (unpaired) electrons. The van der Waals surface area contributed by atoms with E-state index < -0.39 is 0 Å². The van der Waals surface area contributed by atoms with Crippen molar-refractivity contribution < 1.29 is 0 Å². The largest absolute Gasteiger partial charge is 0.369 e. The highest BCUT2D eigenvalue weighted by atomic mass is 15.2. The van der Waals surface area contributed by atoms with E-state index in [9.17, 15) is 0 Å². The summed E-state index contributed by atoms with van der Waals surface area (Å²) in [5, 5.41) is 0. The molecule has 0 unspecified atom stereocenters. The number of nitrogens with one attached hydrogen (secondary N) is 1. The molecule has 3 rings (SSSR count). The minimum atomic E-state index is 0.936. The molecule has 0 bridgehead atoms. The molecule has 1 N–H and O–H groups in total. The molecule has 162 valence electrons. The predicted molar refractivity (Wildman–Crippen MR) is 129 cm³/mol. The zero-order valence-electron chi connectivity index (χ0n) is 19.1. The Hall–Kier alpha value is -2.37. The lowest BCUT2D eigenvalue weighted by molar-refractivity contribution is 0.294. The van der Waals surface area contributed by atoms with E-state index in [1.165, 1.54) is 5.69 Å². The molecule has 0 aliphatic heterocycles. The van der Waals surface area contributed by atoms with Gasteiger partial charge in [0.25, 0.3) is 0 Å². The Bertz CT molecular complexity index is 846. The fourth-order valence-electron chi connectivity index (χ4n) is 3.91. The number of para-hydroxylation sites is 2. The molecule has 2 aromatic carbocycles.